The zero-order valence-corrected chi connectivity index (χ0v) is 12.3. The molecule has 0 aliphatic carbocycles. The van der Waals surface area contributed by atoms with Crippen molar-refractivity contribution in [3.63, 3.8) is 0 Å². The maximum atomic E-state index is 3.66. The van der Waals surface area contributed by atoms with Gasteiger partial charge in [0.05, 0.1) is 0 Å². The van der Waals surface area contributed by atoms with Crippen molar-refractivity contribution >= 4 is 0 Å². The third-order valence-electron chi connectivity index (χ3n) is 3.82. The van der Waals surface area contributed by atoms with Gasteiger partial charge in [-0.05, 0) is 39.0 Å². The molecular formula is C16H27N3. The monoisotopic (exact) mass is 261 g/mol. The van der Waals surface area contributed by atoms with E-state index in [2.05, 4.69) is 59.5 Å². The summed E-state index contributed by atoms with van der Waals surface area (Å²) in [5.74, 6) is 0. The van der Waals surface area contributed by atoms with E-state index in [1.165, 1.54) is 38.0 Å². The first-order chi connectivity index (χ1) is 9.24. The molecular weight excluding hydrogens is 234 g/mol. The van der Waals surface area contributed by atoms with Crippen LogP contribution in [0.4, 0.5) is 0 Å². The van der Waals surface area contributed by atoms with E-state index in [-0.39, 0.29) is 0 Å². The van der Waals surface area contributed by atoms with Crippen LogP contribution in [0.5, 0.6) is 0 Å². The van der Waals surface area contributed by atoms with Crippen molar-refractivity contribution in [2.75, 3.05) is 46.8 Å². The first kappa shape index (κ1) is 14.5. The number of hydrogen-bond donors (Lipinski definition) is 1. The summed E-state index contributed by atoms with van der Waals surface area (Å²) in [6, 6.07) is 11.5. The normalized spacial score (nSPS) is 20.3. The van der Waals surface area contributed by atoms with Crippen LogP contribution < -0.4 is 5.32 Å². The quantitative estimate of drug-likeness (QED) is 0.801. The third-order valence-corrected chi connectivity index (χ3v) is 3.82. The standard InChI is InChI=1S/C16H27N3/c1-18(2)13-10-17-16-9-12-19(14-16)11-8-15-6-4-3-5-7-15/h3-7,16-17H,8-14H2,1-2H3. The first-order valence-corrected chi connectivity index (χ1v) is 7.38. The summed E-state index contributed by atoms with van der Waals surface area (Å²) < 4.78 is 0. The van der Waals surface area contributed by atoms with E-state index in [1.54, 1.807) is 0 Å². The summed E-state index contributed by atoms with van der Waals surface area (Å²) in [4.78, 5) is 4.81. The van der Waals surface area contributed by atoms with Crippen LogP contribution >= 0.6 is 0 Å². The molecule has 1 saturated heterocycles. The average Bonchev–Trinajstić information content (AvgIpc) is 2.85. The highest BCUT2D eigenvalue weighted by atomic mass is 15.2. The zero-order chi connectivity index (χ0) is 13.5. The van der Waals surface area contributed by atoms with Crippen molar-refractivity contribution in [3.05, 3.63) is 35.9 Å². The molecule has 3 heteroatoms. The molecule has 1 heterocycles. The van der Waals surface area contributed by atoms with Crippen LogP contribution in [0.2, 0.25) is 0 Å². The topological polar surface area (TPSA) is 18.5 Å². The van der Waals surface area contributed by atoms with Gasteiger partial charge in [-0.3, -0.25) is 0 Å². The lowest BCUT2D eigenvalue weighted by molar-refractivity contribution is 0.327. The lowest BCUT2D eigenvalue weighted by atomic mass is 10.1. The molecule has 0 radical (unpaired) electrons. The highest BCUT2D eigenvalue weighted by Gasteiger charge is 2.21. The van der Waals surface area contributed by atoms with E-state index in [1.807, 2.05) is 0 Å². The highest BCUT2D eigenvalue weighted by Crippen LogP contribution is 2.10. The van der Waals surface area contributed by atoms with E-state index in [0.29, 0.717) is 6.04 Å². The Morgan fingerprint density at radius 2 is 2.05 bits per heavy atom. The van der Waals surface area contributed by atoms with Crippen molar-refractivity contribution in [3.8, 4) is 0 Å². The summed E-state index contributed by atoms with van der Waals surface area (Å²) >= 11 is 0. The molecule has 106 valence electrons. The van der Waals surface area contributed by atoms with Gasteiger partial charge < -0.3 is 15.1 Å². The molecule has 1 aromatic rings. The van der Waals surface area contributed by atoms with Crippen LogP contribution in [-0.2, 0) is 6.42 Å². The molecule has 1 aromatic carbocycles. The van der Waals surface area contributed by atoms with Crippen molar-refractivity contribution in [1.29, 1.82) is 0 Å². The van der Waals surface area contributed by atoms with Crippen LogP contribution in [0.25, 0.3) is 0 Å². The van der Waals surface area contributed by atoms with Crippen LogP contribution in [0.15, 0.2) is 30.3 Å². The van der Waals surface area contributed by atoms with Crippen molar-refractivity contribution in [2.45, 2.75) is 18.9 Å². The van der Waals surface area contributed by atoms with Gasteiger partial charge in [0.15, 0.2) is 0 Å². The molecule has 0 amide bonds. The maximum Gasteiger partial charge on any atom is 0.0207 e. The van der Waals surface area contributed by atoms with E-state index >= 15 is 0 Å². The highest BCUT2D eigenvalue weighted by molar-refractivity contribution is 5.14. The van der Waals surface area contributed by atoms with E-state index in [4.69, 9.17) is 0 Å². The SMILES string of the molecule is CN(C)CCNC1CCN(CCc2ccccc2)C1. The summed E-state index contributed by atoms with van der Waals surface area (Å²) in [5.41, 5.74) is 1.45. The Hall–Kier alpha value is -0.900. The Morgan fingerprint density at radius 1 is 1.26 bits per heavy atom. The second kappa shape index (κ2) is 7.63. The number of benzene rings is 1. The number of nitrogens with zero attached hydrogens (tertiary/aromatic N) is 2. The van der Waals surface area contributed by atoms with Crippen LogP contribution in [0, 0.1) is 0 Å². The van der Waals surface area contributed by atoms with Gasteiger partial charge in [0.1, 0.15) is 0 Å². The number of rotatable bonds is 7. The summed E-state index contributed by atoms with van der Waals surface area (Å²) in [7, 11) is 4.25. The Balaban J connectivity index is 1.62. The van der Waals surface area contributed by atoms with Crippen molar-refractivity contribution in [2.24, 2.45) is 0 Å². The van der Waals surface area contributed by atoms with Crippen molar-refractivity contribution < 1.29 is 0 Å². The fraction of sp³-hybridized carbons (Fsp3) is 0.625. The molecule has 0 saturated carbocycles. The van der Waals surface area contributed by atoms with E-state index in [0.717, 1.165) is 13.1 Å². The fourth-order valence-corrected chi connectivity index (χ4v) is 2.63. The number of nitrogens with one attached hydrogen (secondary N) is 1. The van der Waals surface area contributed by atoms with Crippen LogP contribution in [0.3, 0.4) is 0 Å². The number of likely N-dealkylation sites (tertiary alicyclic amines) is 1. The fourth-order valence-electron chi connectivity index (χ4n) is 2.63. The van der Waals surface area contributed by atoms with Gasteiger partial charge in [0.25, 0.3) is 0 Å². The molecule has 19 heavy (non-hydrogen) atoms. The minimum Gasteiger partial charge on any atom is -0.311 e. The number of hydrogen-bond acceptors (Lipinski definition) is 3. The molecule has 1 unspecified atom stereocenters. The number of likely N-dealkylation sites (N-methyl/N-ethyl adjacent to an activating group) is 1. The van der Waals surface area contributed by atoms with Gasteiger partial charge in [-0.1, -0.05) is 30.3 Å². The summed E-state index contributed by atoms with van der Waals surface area (Å²) in [5, 5.41) is 3.66. The van der Waals surface area contributed by atoms with Gasteiger partial charge in [0, 0.05) is 32.2 Å². The second-order valence-electron chi connectivity index (χ2n) is 5.78. The smallest absolute Gasteiger partial charge is 0.0207 e. The molecule has 1 fully saturated rings. The first-order valence-electron chi connectivity index (χ1n) is 7.38. The molecule has 0 aromatic heterocycles. The average molecular weight is 261 g/mol. The molecule has 3 nitrogen and oxygen atoms in total. The van der Waals surface area contributed by atoms with Gasteiger partial charge in [-0.2, -0.15) is 0 Å². The lowest BCUT2D eigenvalue weighted by Gasteiger charge is -2.17. The van der Waals surface area contributed by atoms with E-state index in [9.17, 15) is 0 Å². The Kier molecular flexibility index (Phi) is 5.83. The molecule has 0 spiro atoms. The Labute approximate surface area is 117 Å². The second-order valence-corrected chi connectivity index (χ2v) is 5.78. The van der Waals surface area contributed by atoms with Crippen LogP contribution in [0.1, 0.15) is 12.0 Å². The maximum absolute atomic E-state index is 3.66. The van der Waals surface area contributed by atoms with E-state index < -0.39 is 0 Å². The Bertz CT molecular complexity index is 350. The zero-order valence-electron chi connectivity index (χ0n) is 12.3. The molecule has 2 rings (SSSR count). The summed E-state index contributed by atoms with van der Waals surface area (Å²) in [6.45, 7) is 5.87. The molecule has 1 aliphatic heterocycles. The predicted molar refractivity (Wildman–Crippen MR) is 81.5 cm³/mol. The minimum absolute atomic E-state index is 0.690. The summed E-state index contributed by atoms with van der Waals surface area (Å²) in [6.07, 6.45) is 2.47. The molecule has 1 N–H and O–H groups in total. The minimum atomic E-state index is 0.690. The van der Waals surface area contributed by atoms with Gasteiger partial charge >= 0.3 is 0 Å². The Morgan fingerprint density at radius 3 is 2.79 bits per heavy atom. The van der Waals surface area contributed by atoms with Crippen molar-refractivity contribution in [1.82, 2.24) is 15.1 Å². The molecule has 1 atom stereocenters. The van der Waals surface area contributed by atoms with Gasteiger partial charge in [0.2, 0.25) is 0 Å². The molecule has 1 aliphatic rings. The predicted octanol–water partition coefficient (Wildman–Crippen LogP) is 1.45. The lowest BCUT2D eigenvalue weighted by Crippen LogP contribution is -2.37. The molecule has 0 bridgehead atoms. The van der Waals surface area contributed by atoms with Crippen LogP contribution in [-0.4, -0.2) is 62.7 Å². The van der Waals surface area contributed by atoms with Gasteiger partial charge in [-0.15, -0.1) is 0 Å². The van der Waals surface area contributed by atoms with Gasteiger partial charge in [-0.25, -0.2) is 0 Å². The third kappa shape index (κ3) is 5.31. The largest absolute Gasteiger partial charge is 0.311 e.